The van der Waals surface area contributed by atoms with E-state index in [4.69, 9.17) is 0 Å². The zero-order chi connectivity index (χ0) is 14.7. The van der Waals surface area contributed by atoms with Crippen molar-refractivity contribution in [3.8, 4) is 0 Å². The smallest absolute Gasteiger partial charge is 0.251 e. The van der Waals surface area contributed by atoms with E-state index in [-0.39, 0.29) is 5.91 Å². The second-order valence-corrected chi connectivity index (χ2v) is 6.11. The molecule has 1 fully saturated rings. The topological polar surface area (TPSA) is 41.1 Å². The van der Waals surface area contributed by atoms with Crippen molar-refractivity contribution in [3.05, 3.63) is 29.3 Å². The van der Waals surface area contributed by atoms with Crippen molar-refractivity contribution in [1.29, 1.82) is 0 Å². The quantitative estimate of drug-likeness (QED) is 0.884. The minimum atomic E-state index is -0.0177. The van der Waals surface area contributed by atoms with Crippen LogP contribution in [-0.4, -0.2) is 19.0 Å². The van der Waals surface area contributed by atoms with Gasteiger partial charge in [-0.2, -0.15) is 0 Å². The molecule has 2 unspecified atom stereocenters. The van der Waals surface area contributed by atoms with Gasteiger partial charge in [-0.1, -0.05) is 26.3 Å². The van der Waals surface area contributed by atoms with Crippen LogP contribution in [0.3, 0.4) is 0 Å². The van der Waals surface area contributed by atoms with E-state index in [1.807, 2.05) is 19.1 Å². The van der Waals surface area contributed by atoms with Gasteiger partial charge in [0.2, 0.25) is 0 Å². The molecule has 2 atom stereocenters. The van der Waals surface area contributed by atoms with Gasteiger partial charge in [0.25, 0.3) is 5.91 Å². The first-order chi connectivity index (χ1) is 9.54. The van der Waals surface area contributed by atoms with E-state index >= 15 is 0 Å². The van der Waals surface area contributed by atoms with Gasteiger partial charge in [0, 0.05) is 24.3 Å². The SMILES string of the molecule is CNC(=O)c1cccc(NC2C(C)CCCC2C)c1C. The minimum Gasteiger partial charge on any atom is -0.382 e. The van der Waals surface area contributed by atoms with Crippen molar-refractivity contribution in [2.45, 2.75) is 46.1 Å². The van der Waals surface area contributed by atoms with Crippen LogP contribution in [-0.2, 0) is 0 Å². The summed E-state index contributed by atoms with van der Waals surface area (Å²) in [6.07, 6.45) is 3.91. The molecule has 110 valence electrons. The monoisotopic (exact) mass is 274 g/mol. The van der Waals surface area contributed by atoms with Crippen molar-refractivity contribution in [2.24, 2.45) is 11.8 Å². The molecule has 1 aromatic rings. The molecule has 2 N–H and O–H groups in total. The Morgan fingerprint density at radius 2 is 1.85 bits per heavy atom. The van der Waals surface area contributed by atoms with Crippen LogP contribution >= 0.6 is 0 Å². The lowest BCUT2D eigenvalue weighted by molar-refractivity contribution is 0.0962. The second-order valence-electron chi connectivity index (χ2n) is 6.11. The Kier molecular flexibility index (Phi) is 4.69. The minimum absolute atomic E-state index is 0.0177. The van der Waals surface area contributed by atoms with Gasteiger partial charge in [-0.05, 0) is 49.3 Å². The van der Waals surface area contributed by atoms with Crippen molar-refractivity contribution in [3.63, 3.8) is 0 Å². The molecule has 0 spiro atoms. The van der Waals surface area contributed by atoms with Gasteiger partial charge in [0.1, 0.15) is 0 Å². The van der Waals surface area contributed by atoms with E-state index < -0.39 is 0 Å². The zero-order valence-corrected chi connectivity index (χ0v) is 13.0. The van der Waals surface area contributed by atoms with E-state index in [0.717, 1.165) is 16.8 Å². The summed E-state index contributed by atoms with van der Waals surface area (Å²) in [7, 11) is 1.67. The molecule has 3 nitrogen and oxygen atoms in total. The molecule has 1 aliphatic carbocycles. The number of rotatable bonds is 3. The predicted molar refractivity (Wildman–Crippen MR) is 84.2 cm³/mol. The normalized spacial score (nSPS) is 26.1. The molecular weight excluding hydrogens is 248 g/mol. The first kappa shape index (κ1) is 14.9. The number of carbonyl (C=O) groups excluding carboxylic acids is 1. The molecular formula is C17H26N2O. The highest BCUT2D eigenvalue weighted by Gasteiger charge is 2.28. The van der Waals surface area contributed by atoms with Crippen LogP contribution in [0.2, 0.25) is 0 Å². The molecule has 1 aliphatic rings. The standard InChI is InChI=1S/C17H26N2O/c1-11-7-5-8-12(2)16(11)19-15-10-6-9-14(13(15)3)17(20)18-4/h6,9-12,16,19H,5,7-8H2,1-4H3,(H,18,20). The van der Waals surface area contributed by atoms with Gasteiger partial charge in [0.05, 0.1) is 0 Å². The molecule has 1 saturated carbocycles. The van der Waals surface area contributed by atoms with E-state index in [1.54, 1.807) is 7.05 Å². The summed E-state index contributed by atoms with van der Waals surface area (Å²) in [5.41, 5.74) is 2.89. The molecule has 0 saturated heterocycles. The van der Waals surface area contributed by atoms with Gasteiger partial charge in [0.15, 0.2) is 0 Å². The zero-order valence-electron chi connectivity index (χ0n) is 13.0. The second kappa shape index (κ2) is 6.29. The number of nitrogens with one attached hydrogen (secondary N) is 2. The van der Waals surface area contributed by atoms with Crippen molar-refractivity contribution in [2.75, 3.05) is 12.4 Å². The third-order valence-corrected chi connectivity index (χ3v) is 4.67. The number of hydrogen-bond acceptors (Lipinski definition) is 2. The Balaban J connectivity index is 2.23. The van der Waals surface area contributed by atoms with Crippen molar-refractivity contribution >= 4 is 11.6 Å². The number of amides is 1. The van der Waals surface area contributed by atoms with Crippen molar-refractivity contribution in [1.82, 2.24) is 5.32 Å². The Bertz CT molecular complexity index is 474. The molecule has 3 heteroatoms. The summed E-state index contributed by atoms with van der Waals surface area (Å²) in [5.74, 6) is 1.35. The average Bonchev–Trinajstić information content (AvgIpc) is 2.44. The van der Waals surface area contributed by atoms with Crippen LogP contribution in [0, 0.1) is 18.8 Å². The summed E-state index contributed by atoms with van der Waals surface area (Å²) in [4.78, 5) is 11.9. The number of anilines is 1. The molecule has 0 aliphatic heterocycles. The summed E-state index contributed by atoms with van der Waals surface area (Å²) in [6.45, 7) is 6.67. The van der Waals surface area contributed by atoms with E-state index in [0.29, 0.717) is 17.9 Å². The Morgan fingerprint density at radius 1 is 1.20 bits per heavy atom. The van der Waals surface area contributed by atoms with Gasteiger partial charge >= 0.3 is 0 Å². The first-order valence-electron chi connectivity index (χ1n) is 7.62. The lowest BCUT2D eigenvalue weighted by atomic mass is 9.78. The molecule has 0 aromatic heterocycles. The lowest BCUT2D eigenvalue weighted by Crippen LogP contribution is -2.37. The maximum Gasteiger partial charge on any atom is 0.251 e. The average molecular weight is 274 g/mol. The highest BCUT2D eigenvalue weighted by atomic mass is 16.1. The molecule has 1 amide bonds. The molecule has 0 heterocycles. The largest absolute Gasteiger partial charge is 0.382 e. The number of carbonyl (C=O) groups is 1. The Morgan fingerprint density at radius 3 is 2.45 bits per heavy atom. The van der Waals surface area contributed by atoms with Crippen LogP contribution < -0.4 is 10.6 Å². The molecule has 20 heavy (non-hydrogen) atoms. The third-order valence-electron chi connectivity index (χ3n) is 4.67. The lowest BCUT2D eigenvalue weighted by Gasteiger charge is -2.36. The number of hydrogen-bond donors (Lipinski definition) is 2. The fourth-order valence-corrected chi connectivity index (χ4v) is 3.32. The van der Waals surface area contributed by atoms with Crippen molar-refractivity contribution < 1.29 is 4.79 Å². The summed E-state index contributed by atoms with van der Waals surface area (Å²) >= 11 is 0. The summed E-state index contributed by atoms with van der Waals surface area (Å²) < 4.78 is 0. The number of benzene rings is 1. The first-order valence-corrected chi connectivity index (χ1v) is 7.62. The molecule has 0 radical (unpaired) electrons. The van der Waals surface area contributed by atoms with Crippen LogP contribution in [0.4, 0.5) is 5.69 Å². The van der Waals surface area contributed by atoms with Gasteiger partial charge in [-0.25, -0.2) is 0 Å². The fourth-order valence-electron chi connectivity index (χ4n) is 3.32. The van der Waals surface area contributed by atoms with Gasteiger partial charge < -0.3 is 10.6 Å². The van der Waals surface area contributed by atoms with Crippen LogP contribution in [0.25, 0.3) is 0 Å². The van der Waals surface area contributed by atoms with Crippen LogP contribution in [0.5, 0.6) is 0 Å². The molecule has 0 bridgehead atoms. The third kappa shape index (κ3) is 2.97. The maximum absolute atomic E-state index is 11.9. The van der Waals surface area contributed by atoms with E-state index in [1.165, 1.54) is 19.3 Å². The van der Waals surface area contributed by atoms with Crippen LogP contribution in [0.15, 0.2) is 18.2 Å². The van der Waals surface area contributed by atoms with Crippen LogP contribution in [0.1, 0.15) is 49.0 Å². The van der Waals surface area contributed by atoms with Gasteiger partial charge in [-0.15, -0.1) is 0 Å². The Labute approximate surface area is 122 Å². The Hall–Kier alpha value is -1.51. The predicted octanol–water partition coefficient (Wildman–Crippen LogP) is 3.59. The van der Waals surface area contributed by atoms with E-state index in [9.17, 15) is 4.79 Å². The maximum atomic E-state index is 11.9. The summed E-state index contributed by atoms with van der Waals surface area (Å²) in [5, 5.41) is 6.39. The van der Waals surface area contributed by atoms with Gasteiger partial charge in [-0.3, -0.25) is 4.79 Å². The fraction of sp³-hybridized carbons (Fsp3) is 0.588. The highest BCUT2D eigenvalue weighted by Crippen LogP contribution is 2.32. The molecule has 2 rings (SSSR count). The van der Waals surface area contributed by atoms with E-state index in [2.05, 4.69) is 30.5 Å². The molecule has 1 aromatic carbocycles. The summed E-state index contributed by atoms with van der Waals surface area (Å²) in [6, 6.07) is 6.42. The highest BCUT2D eigenvalue weighted by molar-refractivity contribution is 5.96.